The summed E-state index contributed by atoms with van der Waals surface area (Å²) in [5.74, 6) is 0.980. The first-order valence-corrected chi connectivity index (χ1v) is 6.25. The molecule has 70 valence electrons. The highest BCUT2D eigenvalue weighted by Gasteiger charge is 2.43. The topological polar surface area (TPSA) is 17.1 Å². The van der Waals surface area contributed by atoms with Gasteiger partial charge in [-0.1, -0.05) is 0 Å². The highest BCUT2D eigenvalue weighted by Crippen LogP contribution is 2.49. The van der Waals surface area contributed by atoms with Crippen LogP contribution in [0, 0.1) is 5.92 Å². The molecule has 4 heteroatoms. The molecule has 0 N–H and O–H groups in total. The number of ketones is 1. The van der Waals surface area contributed by atoms with Crippen LogP contribution in [0.5, 0.6) is 0 Å². The number of hydrogen-bond donors (Lipinski definition) is 0. The fourth-order valence-electron chi connectivity index (χ4n) is 1.54. The molecular weight excluding hydrogens is 272 g/mol. The third kappa shape index (κ3) is 1.97. The number of carbonyl (C=O) groups excluding carboxylic acids is 1. The van der Waals surface area contributed by atoms with E-state index in [0.29, 0.717) is 5.92 Å². The molecule has 0 amide bonds. The number of alkyl halides is 1. The van der Waals surface area contributed by atoms with Crippen molar-refractivity contribution in [3.8, 4) is 0 Å². The van der Waals surface area contributed by atoms with Crippen LogP contribution in [0.4, 0.5) is 0 Å². The van der Waals surface area contributed by atoms with Crippen LogP contribution in [0.25, 0.3) is 0 Å². The lowest BCUT2D eigenvalue weighted by Crippen LogP contribution is -2.02. The molecule has 0 saturated heterocycles. The molecule has 2 atom stereocenters. The van der Waals surface area contributed by atoms with Gasteiger partial charge in [0.15, 0.2) is 5.78 Å². The van der Waals surface area contributed by atoms with Crippen molar-refractivity contribution in [2.45, 2.75) is 12.3 Å². The maximum atomic E-state index is 11.2. The SMILES string of the molecule is O=C(CCl)[C@@H]1C[C@H]1c1csc(Br)c1. The van der Waals surface area contributed by atoms with Gasteiger partial charge in [-0.25, -0.2) is 0 Å². The van der Waals surface area contributed by atoms with Gasteiger partial charge in [-0.3, -0.25) is 4.79 Å². The molecule has 1 aliphatic rings. The second kappa shape index (κ2) is 3.71. The molecule has 1 saturated carbocycles. The third-order valence-electron chi connectivity index (χ3n) is 2.35. The minimum Gasteiger partial charge on any atom is -0.298 e. The molecule has 0 spiro atoms. The zero-order valence-corrected chi connectivity index (χ0v) is 9.95. The van der Waals surface area contributed by atoms with E-state index < -0.39 is 0 Å². The minimum absolute atomic E-state index is 0.159. The Balaban J connectivity index is 2.04. The van der Waals surface area contributed by atoms with Crippen molar-refractivity contribution in [2.75, 3.05) is 5.88 Å². The molecule has 1 fully saturated rings. The Morgan fingerprint density at radius 3 is 3.08 bits per heavy atom. The maximum absolute atomic E-state index is 11.2. The van der Waals surface area contributed by atoms with Crippen LogP contribution in [-0.2, 0) is 4.79 Å². The van der Waals surface area contributed by atoms with E-state index in [-0.39, 0.29) is 17.6 Å². The zero-order chi connectivity index (χ0) is 9.42. The summed E-state index contributed by atoms with van der Waals surface area (Å²) in [5.41, 5.74) is 1.28. The fourth-order valence-corrected chi connectivity index (χ4v) is 2.97. The minimum atomic E-state index is 0.159. The molecule has 1 aromatic rings. The Morgan fingerprint density at radius 2 is 2.54 bits per heavy atom. The van der Waals surface area contributed by atoms with E-state index in [0.717, 1.165) is 10.2 Å². The second-order valence-electron chi connectivity index (χ2n) is 3.23. The molecule has 13 heavy (non-hydrogen) atoms. The Bertz CT molecular complexity index is 336. The number of carbonyl (C=O) groups is 1. The van der Waals surface area contributed by atoms with Gasteiger partial charge in [-0.2, -0.15) is 0 Å². The molecule has 1 aromatic heterocycles. The molecule has 0 aromatic carbocycles. The average Bonchev–Trinajstić information content (AvgIpc) is 2.82. The van der Waals surface area contributed by atoms with Crippen molar-refractivity contribution < 1.29 is 4.79 Å². The number of halogens is 2. The Labute approximate surface area is 94.2 Å². The van der Waals surface area contributed by atoms with Crippen molar-refractivity contribution in [3.63, 3.8) is 0 Å². The summed E-state index contributed by atoms with van der Waals surface area (Å²) >= 11 is 10.6. The lowest BCUT2D eigenvalue weighted by atomic mass is 10.1. The van der Waals surface area contributed by atoms with E-state index in [1.54, 1.807) is 11.3 Å². The van der Waals surface area contributed by atoms with Crippen molar-refractivity contribution in [3.05, 3.63) is 20.8 Å². The Morgan fingerprint density at radius 1 is 1.77 bits per heavy atom. The molecule has 2 rings (SSSR count). The van der Waals surface area contributed by atoms with Crippen LogP contribution >= 0.6 is 38.9 Å². The van der Waals surface area contributed by atoms with Crippen LogP contribution in [-0.4, -0.2) is 11.7 Å². The van der Waals surface area contributed by atoms with E-state index in [2.05, 4.69) is 27.4 Å². The largest absolute Gasteiger partial charge is 0.298 e. The van der Waals surface area contributed by atoms with Crippen LogP contribution in [0.15, 0.2) is 15.2 Å². The maximum Gasteiger partial charge on any atom is 0.151 e. The number of hydrogen-bond acceptors (Lipinski definition) is 2. The van der Waals surface area contributed by atoms with Crippen molar-refractivity contribution in [1.29, 1.82) is 0 Å². The monoisotopic (exact) mass is 278 g/mol. The molecule has 1 heterocycles. The normalized spacial score (nSPS) is 26.0. The Hall–Kier alpha value is 0.140. The van der Waals surface area contributed by atoms with Crippen molar-refractivity contribution in [2.24, 2.45) is 5.92 Å². The summed E-state index contributed by atoms with van der Waals surface area (Å²) in [7, 11) is 0. The number of Topliss-reactive ketones (excluding diaryl/α,β-unsaturated/α-hetero) is 1. The standard InChI is InChI=1S/C9H8BrClOS/c10-9-1-5(4-13-9)6-2-7(6)8(12)3-11/h1,4,6-7H,2-3H2/t6-,7+/m0/s1. The zero-order valence-electron chi connectivity index (χ0n) is 6.80. The van der Waals surface area contributed by atoms with Gasteiger partial charge < -0.3 is 0 Å². The Kier molecular flexibility index (Phi) is 2.77. The van der Waals surface area contributed by atoms with Gasteiger partial charge in [0.1, 0.15) is 0 Å². The van der Waals surface area contributed by atoms with Gasteiger partial charge >= 0.3 is 0 Å². The van der Waals surface area contributed by atoms with Gasteiger partial charge in [0, 0.05) is 5.92 Å². The van der Waals surface area contributed by atoms with Gasteiger partial charge in [-0.15, -0.1) is 22.9 Å². The summed E-state index contributed by atoms with van der Waals surface area (Å²) in [6, 6.07) is 2.09. The van der Waals surface area contributed by atoms with Crippen LogP contribution in [0.3, 0.4) is 0 Å². The summed E-state index contributed by atoms with van der Waals surface area (Å²) in [5, 5.41) is 2.11. The highest BCUT2D eigenvalue weighted by molar-refractivity contribution is 9.11. The van der Waals surface area contributed by atoms with Gasteiger partial charge in [0.25, 0.3) is 0 Å². The average molecular weight is 280 g/mol. The van der Waals surface area contributed by atoms with E-state index in [4.69, 9.17) is 11.6 Å². The van der Waals surface area contributed by atoms with Crippen molar-refractivity contribution in [1.82, 2.24) is 0 Å². The van der Waals surface area contributed by atoms with Crippen LogP contribution in [0.2, 0.25) is 0 Å². The fraction of sp³-hybridized carbons (Fsp3) is 0.444. The van der Waals surface area contributed by atoms with Gasteiger partial charge in [-0.05, 0) is 45.3 Å². The van der Waals surface area contributed by atoms with E-state index in [1.807, 2.05) is 0 Å². The first-order chi connectivity index (χ1) is 6.22. The van der Waals surface area contributed by atoms with Crippen LogP contribution in [0.1, 0.15) is 17.9 Å². The molecular formula is C9H8BrClOS. The summed E-state index contributed by atoms with van der Waals surface area (Å²) in [6.45, 7) is 0. The first-order valence-electron chi connectivity index (χ1n) is 4.05. The molecule has 0 bridgehead atoms. The second-order valence-corrected chi connectivity index (χ2v) is 5.79. The van der Waals surface area contributed by atoms with E-state index in [1.165, 1.54) is 5.56 Å². The smallest absolute Gasteiger partial charge is 0.151 e. The van der Waals surface area contributed by atoms with Gasteiger partial charge in [0.2, 0.25) is 0 Å². The molecule has 1 nitrogen and oxygen atoms in total. The first kappa shape index (κ1) is 9.69. The quantitative estimate of drug-likeness (QED) is 0.775. The molecule has 1 aliphatic carbocycles. The number of rotatable bonds is 3. The highest BCUT2D eigenvalue weighted by atomic mass is 79.9. The van der Waals surface area contributed by atoms with E-state index >= 15 is 0 Å². The lowest BCUT2D eigenvalue weighted by Gasteiger charge is -1.92. The summed E-state index contributed by atoms with van der Waals surface area (Å²) in [4.78, 5) is 11.2. The molecule has 0 unspecified atom stereocenters. The van der Waals surface area contributed by atoms with Crippen LogP contribution < -0.4 is 0 Å². The predicted molar refractivity (Wildman–Crippen MR) is 58.6 cm³/mol. The summed E-state index contributed by atoms with van der Waals surface area (Å²) < 4.78 is 1.13. The van der Waals surface area contributed by atoms with E-state index in [9.17, 15) is 4.79 Å². The molecule has 0 aliphatic heterocycles. The third-order valence-corrected chi connectivity index (χ3v) is 4.14. The summed E-state index contributed by atoms with van der Waals surface area (Å²) in [6.07, 6.45) is 0.981. The predicted octanol–water partition coefficient (Wildman–Crippen LogP) is 3.42. The lowest BCUT2D eigenvalue weighted by molar-refractivity contribution is -0.117. The van der Waals surface area contributed by atoms with Gasteiger partial charge in [0.05, 0.1) is 9.67 Å². The van der Waals surface area contributed by atoms with Crippen molar-refractivity contribution >= 4 is 44.7 Å². The number of thiophene rings is 1. The molecule has 0 radical (unpaired) electrons.